The summed E-state index contributed by atoms with van der Waals surface area (Å²) < 4.78 is 10.9. The molecular formula is C14H22O3S. The number of aliphatic hydroxyl groups excluding tert-OH is 1. The molecule has 0 aliphatic carbocycles. The lowest BCUT2D eigenvalue weighted by Crippen LogP contribution is -2.03. The molecule has 0 saturated heterocycles. The molecule has 0 aliphatic rings. The topological polar surface area (TPSA) is 38.7 Å². The summed E-state index contributed by atoms with van der Waals surface area (Å²) in [5, 5.41) is 9.68. The maximum Gasteiger partial charge on any atom is 0.128 e. The minimum atomic E-state index is -0.532. The van der Waals surface area contributed by atoms with Gasteiger partial charge in [-0.2, -0.15) is 11.8 Å². The molecule has 0 aliphatic heterocycles. The van der Waals surface area contributed by atoms with Crippen molar-refractivity contribution in [1.29, 1.82) is 0 Å². The molecule has 4 heteroatoms. The standard InChI is InChI=1S/C14H22O3S/c1-4-18-9-5-8-17-14-10-12(16-3)6-7-13(14)11(2)15/h6-7,10-11,15H,4-5,8-9H2,1-3H3/t11-/m1/s1. The van der Waals surface area contributed by atoms with Crippen LogP contribution in [0.3, 0.4) is 0 Å². The van der Waals surface area contributed by atoms with Crippen LogP contribution < -0.4 is 9.47 Å². The van der Waals surface area contributed by atoms with Crippen LogP contribution in [0.5, 0.6) is 11.5 Å². The molecule has 1 aromatic carbocycles. The molecule has 18 heavy (non-hydrogen) atoms. The first-order valence-corrected chi connectivity index (χ1v) is 7.41. The molecule has 0 fully saturated rings. The van der Waals surface area contributed by atoms with Gasteiger partial charge < -0.3 is 14.6 Å². The maximum atomic E-state index is 9.68. The van der Waals surface area contributed by atoms with Gasteiger partial charge in [0.05, 0.1) is 19.8 Å². The number of benzene rings is 1. The van der Waals surface area contributed by atoms with Crippen LogP contribution in [0.4, 0.5) is 0 Å². The average Bonchev–Trinajstić information content (AvgIpc) is 2.38. The summed E-state index contributed by atoms with van der Waals surface area (Å²) in [6, 6.07) is 5.51. The van der Waals surface area contributed by atoms with Crippen molar-refractivity contribution in [2.24, 2.45) is 0 Å². The van der Waals surface area contributed by atoms with Crippen LogP contribution in [0.2, 0.25) is 0 Å². The van der Waals surface area contributed by atoms with Crippen molar-refractivity contribution in [3.8, 4) is 11.5 Å². The maximum absolute atomic E-state index is 9.68. The molecule has 1 N–H and O–H groups in total. The van der Waals surface area contributed by atoms with E-state index in [1.54, 1.807) is 14.0 Å². The second-order valence-corrected chi connectivity index (χ2v) is 5.37. The number of rotatable bonds is 8. The molecule has 3 nitrogen and oxygen atoms in total. The highest BCUT2D eigenvalue weighted by Gasteiger charge is 2.10. The highest BCUT2D eigenvalue weighted by molar-refractivity contribution is 7.99. The summed E-state index contributed by atoms with van der Waals surface area (Å²) in [5.41, 5.74) is 0.805. The van der Waals surface area contributed by atoms with Gasteiger partial charge in [-0.3, -0.25) is 0 Å². The molecular weight excluding hydrogens is 248 g/mol. The van der Waals surface area contributed by atoms with Crippen molar-refractivity contribution in [3.63, 3.8) is 0 Å². The van der Waals surface area contributed by atoms with Gasteiger partial charge >= 0.3 is 0 Å². The van der Waals surface area contributed by atoms with Gasteiger partial charge in [-0.1, -0.05) is 6.92 Å². The van der Waals surface area contributed by atoms with Crippen LogP contribution in [0, 0.1) is 0 Å². The Morgan fingerprint density at radius 2 is 2.17 bits per heavy atom. The first-order chi connectivity index (χ1) is 8.69. The second-order valence-electron chi connectivity index (χ2n) is 3.98. The van der Waals surface area contributed by atoms with Gasteiger partial charge in [-0.25, -0.2) is 0 Å². The molecule has 0 amide bonds. The molecule has 0 heterocycles. The molecule has 0 aromatic heterocycles. The lowest BCUT2D eigenvalue weighted by molar-refractivity contribution is 0.191. The lowest BCUT2D eigenvalue weighted by Gasteiger charge is -2.14. The van der Waals surface area contributed by atoms with Crippen molar-refractivity contribution in [1.82, 2.24) is 0 Å². The third-order valence-corrected chi connectivity index (χ3v) is 3.55. The smallest absolute Gasteiger partial charge is 0.128 e. The SMILES string of the molecule is CCSCCCOc1cc(OC)ccc1[C@@H](C)O. The van der Waals surface area contributed by atoms with E-state index in [1.807, 2.05) is 30.0 Å². The van der Waals surface area contributed by atoms with Gasteiger partial charge in [0.25, 0.3) is 0 Å². The zero-order valence-corrected chi connectivity index (χ0v) is 12.1. The van der Waals surface area contributed by atoms with Gasteiger partial charge in [-0.15, -0.1) is 0 Å². The fraction of sp³-hybridized carbons (Fsp3) is 0.571. The molecule has 1 atom stereocenters. The van der Waals surface area contributed by atoms with E-state index < -0.39 is 6.10 Å². The Morgan fingerprint density at radius 3 is 2.78 bits per heavy atom. The number of hydrogen-bond donors (Lipinski definition) is 1. The summed E-state index contributed by atoms with van der Waals surface area (Å²) in [6.07, 6.45) is 0.477. The van der Waals surface area contributed by atoms with E-state index in [1.165, 1.54) is 0 Å². The van der Waals surface area contributed by atoms with E-state index in [2.05, 4.69) is 6.92 Å². The van der Waals surface area contributed by atoms with Crippen molar-refractivity contribution in [2.75, 3.05) is 25.2 Å². The number of methoxy groups -OCH3 is 1. The Kier molecular flexibility index (Phi) is 6.98. The van der Waals surface area contributed by atoms with E-state index in [0.29, 0.717) is 12.4 Å². The average molecular weight is 270 g/mol. The first kappa shape index (κ1) is 15.2. The summed E-state index contributed by atoms with van der Waals surface area (Å²) in [7, 11) is 1.62. The van der Waals surface area contributed by atoms with Crippen LogP contribution in [0.15, 0.2) is 18.2 Å². The Balaban J connectivity index is 2.60. The Bertz CT molecular complexity index is 353. The molecule has 102 valence electrons. The van der Waals surface area contributed by atoms with E-state index >= 15 is 0 Å². The van der Waals surface area contributed by atoms with Gasteiger partial charge in [0, 0.05) is 11.6 Å². The molecule has 0 unspecified atom stereocenters. The minimum absolute atomic E-state index is 0.532. The third-order valence-electron chi connectivity index (χ3n) is 2.57. The van der Waals surface area contributed by atoms with Crippen LogP contribution in [0.1, 0.15) is 31.9 Å². The molecule has 0 bridgehead atoms. The molecule has 1 aromatic rings. The third kappa shape index (κ3) is 4.78. The van der Waals surface area contributed by atoms with E-state index in [0.717, 1.165) is 29.2 Å². The summed E-state index contributed by atoms with van der Waals surface area (Å²) in [4.78, 5) is 0. The fourth-order valence-electron chi connectivity index (χ4n) is 1.60. The van der Waals surface area contributed by atoms with Gasteiger partial charge in [-0.05, 0) is 37.0 Å². The highest BCUT2D eigenvalue weighted by Crippen LogP contribution is 2.29. The minimum Gasteiger partial charge on any atom is -0.497 e. The quantitative estimate of drug-likeness (QED) is 0.736. The van der Waals surface area contributed by atoms with Crippen molar-refractivity contribution in [2.45, 2.75) is 26.4 Å². The number of thioether (sulfide) groups is 1. The zero-order chi connectivity index (χ0) is 13.4. The normalized spacial score (nSPS) is 12.2. The van der Waals surface area contributed by atoms with E-state index in [-0.39, 0.29) is 0 Å². The fourth-order valence-corrected chi connectivity index (χ4v) is 2.21. The summed E-state index contributed by atoms with van der Waals surface area (Å²) >= 11 is 1.91. The lowest BCUT2D eigenvalue weighted by atomic mass is 10.1. The molecule has 0 radical (unpaired) electrons. The summed E-state index contributed by atoms with van der Waals surface area (Å²) in [6.45, 7) is 4.56. The van der Waals surface area contributed by atoms with Gasteiger partial charge in [0.15, 0.2) is 0 Å². The van der Waals surface area contributed by atoms with Crippen LogP contribution in [0.25, 0.3) is 0 Å². The van der Waals surface area contributed by atoms with Gasteiger partial charge in [0.2, 0.25) is 0 Å². The van der Waals surface area contributed by atoms with Gasteiger partial charge in [0.1, 0.15) is 11.5 Å². The van der Waals surface area contributed by atoms with Crippen molar-refractivity contribution < 1.29 is 14.6 Å². The second kappa shape index (κ2) is 8.27. The number of hydrogen-bond acceptors (Lipinski definition) is 4. The van der Waals surface area contributed by atoms with Crippen LogP contribution in [-0.2, 0) is 0 Å². The van der Waals surface area contributed by atoms with E-state index in [9.17, 15) is 5.11 Å². The highest BCUT2D eigenvalue weighted by atomic mass is 32.2. The molecule has 0 spiro atoms. The predicted octanol–water partition coefficient (Wildman–Crippen LogP) is 3.27. The Hall–Kier alpha value is -0.870. The number of aliphatic hydroxyl groups is 1. The van der Waals surface area contributed by atoms with Crippen molar-refractivity contribution >= 4 is 11.8 Å². The Morgan fingerprint density at radius 1 is 1.39 bits per heavy atom. The monoisotopic (exact) mass is 270 g/mol. The van der Waals surface area contributed by atoms with Crippen molar-refractivity contribution in [3.05, 3.63) is 23.8 Å². The zero-order valence-electron chi connectivity index (χ0n) is 11.3. The van der Waals surface area contributed by atoms with Crippen LogP contribution >= 0.6 is 11.8 Å². The summed E-state index contributed by atoms with van der Waals surface area (Å²) in [5.74, 6) is 3.70. The molecule has 0 saturated carbocycles. The Labute approximate surface area is 113 Å². The largest absolute Gasteiger partial charge is 0.497 e. The van der Waals surface area contributed by atoms with Crippen LogP contribution in [-0.4, -0.2) is 30.3 Å². The number of ether oxygens (including phenoxy) is 2. The van der Waals surface area contributed by atoms with E-state index in [4.69, 9.17) is 9.47 Å². The first-order valence-electron chi connectivity index (χ1n) is 6.25. The predicted molar refractivity (Wildman–Crippen MR) is 76.7 cm³/mol. The molecule has 1 rings (SSSR count).